The van der Waals surface area contributed by atoms with Gasteiger partial charge < -0.3 is 5.32 Å². The first-order valence-corrected chi connectivity index (χ1v) is 8.28. The fraction of sp³-hybridized carbons (Fsp3) is 0.0952. The Bertz CT molecular complexity index is 856. The molecule has 0 saturated heterocycles. The summed E-state index contributed by atoms with van der Waals surface area (Å²) in [5.74, 6) is -0.488. The van der Waals surface area contributed by atoms with Crippen molar-refractivity contribution in [2.45, 2.75) is 5.92 Å². The van der Waals surface area contributed by atoms with E-state index in [1.165, 1.54) is 12.1 Å². The molecule has 0 unspecified atom stereocenters. The highest BCUT2D eigenvalue weighted by Gasteiger charge is 2.21. The predicted molar refractivity (Wildman–Crippen MR) is 100 cm³/mol. The van der Waals surface area contributed by atoms with Gasteiger partial charge >= 0.3 is 0 Å². The van der Waals surface area contributed by atoms with Crippen LogP contribution >= 0.6 is 0 Å². The molecule has 0 bridgehead atoms. The van der Waals surface area contributed by atoms with Gasteiger partial charge in [0.1, 0.15) is 5.56 Å². The average molecular weight is 346 g/mol. The third-order valence-electron chi connectivity index (χ3n) is 4.22. The number of nitro groups is 1. The van der Waals surface area contributed by atoms with Crippen LogP contribution in [0.15, 0.2) is 84.9 Å². The van der Waals surface area contributed by atoms with E-state index in [0.717, 1.165) is 11.1 Å². The summed E-state index contributed by atoms with van der Waals surface area (Å²) < 4.78 is 0. The molecule has 26 heavy (non-hydrogen) atoms. The molecule has 1 amide bonds. The van der Waals surface area contributed by atoms with Gasteiger partial charge in [0.25, 0.3) is 11.6 Å². The van der Waals surface area contributed by atoms with Crippen molar-refractivity contribution in [3.05, 3.63) is 112 Å². The highest BCUT2D eigenvalue weighted by Crippen LogP contribution is 2.24. The molecule has 0 aliphatic carbocycles. The van der Waals surface area contributed by atoms with E-state index in [0.29, 0.717) is 6.54 Å². The molecular weight excluding hydrogens is 328 g/mol. The molecule has 1 N–H and O–H groups in total. The number of carbonyl (C=O) groups is 1. The van der Waals surface area contributed by atoms with Gasteiger partial charge in [0.15, 0.2) is 0 Å². The van der Waals surface area contributed by atoms with Crippen LogP contribution in [0.4, 0.5) is 5.69 Å². The number of rotatable bonds is 6. The maximum atomic E-state index is 12.5. The topological polar surface area (TPSA) is 72.2 Å². The first-order chi connectivity index (χ1) is 12.7. The van der Waals surface area contributed by atoms with Crippen LogP contribution in [-0.2, 0) is 0 Å². The van der Waals surface area contributed by atoms with E-state index >= 15 is 0 Å². The molecule has 0 atom stereocenters. The minimum absolute atomic E-state index is 0.0379. The van der Waals surface area contributed by atoms with Crippen molar-refractivity contribution in [3.63, 3.8) is 0 Å². The van der Waals surface area contributed by atoms with E-state index < -0.39 is 10.8 Å². The zero-order valence-corrected chi connectivity index (χ0v) is 14.0. The van der Waals surface area contributed by atoms with Crippen molar-refractivity contribution < 1.29 is 9.72 Å². The molecule has 5 nitrogen and oxygen atoms in total. The molecule has 0 heterocycles. The Morgan fingerprint density at radius 3 is 1.88 bits per heavy atom. The predicted octanol–water partition coefficient (Wildman–Crippen LogP) is 4.16. The van der Waals surface area contributed by atoms with Crippen LogP contribution in [0.5, 0.6) is 0 Å². The summed E-state index contributed by atoms with van der Waals surface area (Å²) in [5.41, 5.74) is 2.02. The summed E-state index contributed by atoms with van der Waals surface area (Å²) in [4.78, 5) is 23.1. The quantitative estimate of drug-likeness (QED) is 0.538. The highest BCUT2D eigenvalue weighted by molar-refractivity contribution is 5.98. The minimum Gasteiger partial charge on any atom is -0.351 e. The highest BCUT2D eigenvalue weighted by atomic mass is 16.6. The normalized spacial score (nSPS) is 10.5. The second kappa shape index (κ2) is 8.07. The summed E-state index contributed by atoms with van der Waals surface area (Å²) >= 11 is 0. The zero-order chi connectivity index (χ0) is 18.4. The smallest absolute Gasteiger partial charge is 0.282 e. The second-order valence-corrected chi connectivity index (χ2v) is 5.86. The number of amides is 1. The van der Waals surface area contributed by atoms with Crippen LogP contribution in [0.2, 0.25) is 0 Å². The Balaban J connectivity index is 1.83. The standard InChI is InChI=1S/C21H18N2O3/c24-21(18-13-7-8-14-20(18)23(25)26)22-15-19(16-9-3-1-4-10-16)17-11-5-2-6-12-17/h1-14,19H,15H2,(H,22,24). The first kappa shape index (κ1) is 17.4. The molecule has 0 spiro atoms. The van der Waals surface area contributed by atoms with Crippen LogP contribution in [0.1, 0.15) is 27.4 Å². The van der Waals surface area contributed by atoms with Crippen molar-refractivity contribution in [2.24, 2.45) is 0 Å². The fourth-order valence-corrected chi connectivity index (χ4v) is 2.91. The van der Waals surface area contributed by atoms with Crippen LogP contribution in [0.3, 0.4) is 0 Å². The lowest BCUT2D eigenvalue weighted by Gasteiger charge is -2.19. The molecular formula is C21H18N2O3. The number of para-hydroxylation sites is 1. The molecule has 0 aliphatic heterocycles. The molecule has 130 valence electrons. The van der Waals surface area contributed by atoms with Gasteiger partial charge in [-0.05, 0) is 17.2 Å². The first-order valence-electron chi connectivity index (χ1n) is 8.28. The van der Waals surface area contributed by atoms with Gasteiger partial charge in [-0.3, -0.25) is 14.9 Å². The Hall–Kier alpha value is -3.47. The number of nitro benzene ring substituents is 1. The third kappa shape index (κ3) is 3.95. The van der Waals surface area contributed by atoms with Gasteiger partial charge in [-0.15, -0.1) is 0 Å². The van der Waals surface area contributed by atoms with Crippen LogP contribution in [0.25, 0.3) is 0 Å². The van der Waals surface area contributed by atoms with E-state index in [2.05, 4.69) is 5.32 Å². The number of hydrogen-bond acceptors (Lipinski definition) is 3. The van der Waals surface area contributed by atoms with Crippen molar-refractivity contribution in [2.75, 3.05) is 6.54 Å². The SMILES string of the molecule is O=C(NCC(c1ccccc1)c1ccccc1)c1ccccc1[N+](=O)[O-]. The molecule has 0 radical (unpaired) electrons. The lowest BCUT2D eigenvalue weighted by atomic mass is 9.91. The Morgan fingerprint density at radius 2 is 1.35 bits per heavy atom. The molecule has 0 aliphatic rings. The zero-order valence-electron chi connectivity index (χ0n) is 14.0. The Morgan fingerprint density at radius 1 is 0.846 bits per heavy atom. The summed E-state index contributed by atoms with van der Waals surface area (Å²) in [6.45, 7) is 0.346. The number of benzene rings is 3. The molecule has 5 heteroatoms. The van der Waals surface area contributed by atoms with E-state index in [9.17, 15) is 14.9 Å². The summed E-state index contributed by atoms with van der Waals surface area (Å²) in [6.07, 6.45) is 0. The van der Waals surface area contributed by atoms with E-state index in [-0.39, 0.29) is 17.2 Å². The Kier molecular flexibility index (Phi) is 5.39. The number of hydrogen-bond donors (Lipinski definition) is 1. The van der Waals surface area contributed by atoms with Crippen molar-refractivity contribution >= 4 is 11.6 Å². The van der Waals surface area contributed by atoms with Gasteiger partial charge in [-0.25, -0.2) is 0 Å². The minimum atomic E-state index is -0.541. The van der Waals surface area contributed by atoms with E-state index in [4.69, 9.17) is 0 Å². The van der Waals surface area contributed by atoms with Crippen molar-refractivity contribution in [1.82, 2.24) is 5.32 Å². The summed E-state index contributed by atoms with van der Waals surface area (Å²) in [6, 6.07) is 25.7. The van der Waals surface area contributed by atoms with Crippen LogP contribution in [0, 0.1) is 10.1 Å². The molecule has 3 rings (SSSR count). The van der Waals surface area contributed by atoms with Gasteiger partial charge in [-0.2, -0.15) is 0 Å². The van der Waals surface area contributed by atoms with Crippen LogP contribution in [-0.4, -0.2) is 17.4 Å². The molecule has 0 aromatic heterocycles. The third-order valence-corrected chi connectivity index (χ3v) is 4.22. The molecule has 3 aromatic rings. The average Bonchev–Trinajstić information content (AvgIpc) is 2.69. The number of nitrogens with one attached hydrogen (secondary N) is 1. The van der Waals surface area contributed by atoms with Gasteiger partial charge in [0.2, 0.25) is 0 Å². The van der Waals surface area contributed by atoms with Crippen LogP contribution < -0.4 is 5.32 Å². The van der Waals surface area contributed by atoms with E-state index in [1.807, 2.05) is 60.7 Å². The number of carbonyl (C=O) groups excluding carboxylic acids is 1. The summed E-state index contributed by atoms with van der Waals surface area (Å²) in [7, 11) is 0. The maximum absolute atomic E-state index is 12.5. The number of nitrogens with zero attached hydrogens (tertiary/aromatic N) is 1. The summed E-state index contributed by atoms with van der Waals surface area (Å²) in [5, 5.41) is 14.0. The molecule has 3 aromatic carbocycles. The lowest BCUT2D eigenvalue weighted by Crippen LogP contribution is -2.29. The van der Waals surface area contributed by atoms with E-state index in [1.54, 1.807) is 12.1 Å². The fourth-order valence-electron chi connectivity index (χ4n) is 2.91. The largest absolute Gasteiger partial charge is 0.351 e. The van der Waals surface area contributed by atoms with Gasteiger partial charge in [0, 0.05) is 18.5 Å². The monoisotopic (exact) mass is 346 g/mol. The van der Waals surface area contributed by atoms with Crippen molar-refractivity contribution in [1.29, 1.82) is 0 Å². The van der Waals surface area contributed by atoms with Gasteiger partial charge in [-0.1, -0.05) is 72.8 Å². The molecule has 0 fully saturated rings. The van der Waals surface area contributed by atoms with Gasteiger partial charge in [0.05, 0.1) is 4.92 Å². The lowest BCUT2D eigenvalue weighted by molar-refractivity contribution is -0.385. The maximum Gasteiger partial charge on any atom is 0.282 e. The molecule has 0 saturated carbocycles. The van der Waals surface area contributed by atoms with Crippen molar-refractivity contribution in [3.8, 4) is 0 Å². The second-order valence-electron chi connectivity index (χ2n) is 5.86. The Labute approximate surface area is 151 Å².